The average Bonchev–Trinajstić information content (AvgIpc) is 2.76. The topological polar surface area (TPSA) is 55.4 Å². The number of hydrogen-bond donors (Lipinski definition) is 1. The third-order valence-corrected chi connectivity index (χ3v) is 6.37. The Morgan fingerprint density at radius 2 is 2.16 bits per heavy atom. The maximum absolute atomic E-state index is 12.2. The van der Waals surface area contributed by atoms with Gasteiger partial charge in [-0.25, -0.2) is 8.42 Å². The van der Waals surface area contributed by atoms with E-state index in [0.717, 1.165) is 5.56 Å². The van der Waals surface area contributed by atoms with E-state index in [1.807, 2.05) is 6.07 Å². The smallest absolute Gasteiger partial charge is 0.272 e. The zero-order valence-electron chi connectivity index (χ0n) is 10.1. The van der Waals surface area contributed by atoms with Crippen molar-refractivity contribution in [2.45, 2.75) is 10.8 Å². The van der Waals surface area contributed by atoms with Gasteiger partial charge in [-0.2, -0.15) is 0 Å². The van der Waals surface area contributed by atoms with Gasteiger partial charge in [0.1, 0.15) is 0 Å². The molecule has 0 atom stereocenters. The molecule has 1 N–H and O–H groups in total. The van der Waals surface area contributed by atoms with Crippen molar-refractivity contribution in [3.05, 3.63) is 45.7 Å². The van der Waals surface area contributed by atoms with Crippen LogP contribution in [0.25, 0.3) is 0 Å². The highest BCUT2D eigenvalue weighted by molar-refractivity contribution is 9.10. The molecule has 7 heteroatoms. The van der Waals surface area contributed by atoms with Crippen LogP contribution >= 0.6 is 27.3 Å². The summed E-state index contributed by atoms with van der Waals surface area (Å²) in [6.45, 7) is 0.443. The van der Waals surface area contributed by atoms with Crippen molar-refractivity contribution in [1.29, 1.82) is 0 Å². The van der Waals surface area contributed by atoms with Crippen LogP contribution in [0.4, 0.5) is 5.69 Å². The van der Waals surface area contributed by atoms with Crippen molar-refractivity contribution in [2.75, 3.05) is 11.8 Å². The molecule has 0 saturated heterocycles. The summed E-state index contributed by atoms with van der Waals surface area (Å²) in [6.07, 6.45) is 0. The molecule has 0 saturated carbocycles. The second kappa shape index (κ2) is 6.04. The van der Waals surface area contributed by atoms with Crippen LogP contribution in [0.5, 0.6) is 0 Å². The predicted octanol–water partition coefficient (Wildman–Crippen LogP) is 3.46. The molecule has 1 heterocycles. The zero-order valence-corrected chi connectivity index (χ0v) is 13.3. The lowest BCUT2D eigenvalue weighted by molar-refractivity contribution is 0.185. The van der Waals surface area contributed by atoms with Crippen LogP contribution in [0.15, 0.2) is 44.4 Å². The fraction of sp³-hybridized carbons (Fsp3) is 0.167. The van der Waals surface area contributed by atoms with Crippen molar-refractivity contribution >= 4 is 43.0 Å². The fourth-order valence-corrected chi connectivity index (χ4v) is 4.95. The lowest BCUT2D eigenvalue weighted by Crippen LogP contribution is -2.12. The molecule has 0 fully saturated rings. The molecule has 0 bridgehead atoms. The Labute approximate surface area is 124 Å². The highest BCUT2D eigenvalue weighted by Gasteiger charge is 2.19. The monoisotopic (exact) mass is 361 g/mol. The van der Waals surface area contributed by atoms with E-state index in [0.29, 0.717) is 16.8 Å². The molecule has 0 aliphatic rings. The van der Waals surface area contributed by atoms with E-state index in [1.54, 1.807) is 36.8 Å². The van der Waals surface area contributed by atoms with Crippen molar-refractivity contribution in [3.63, 3.8) is 0 Å². The van der Waals surface area contributed by atoms with E-state index in [1.165, 1.54) is 11.3 Å². The molecule has 4 nitrogen and oxygen atoms in total. The quantitative estimate of drug-likeness (QED) is 0.886. The van der Waals surface area contributed by atoms with E-state index in [-0.39, 0.29) is 4.21 Å². The summed E-state index contributed by atoms with van der Waals surface area (Å²) < 4.78 is 32.8. The van der Waals surface area contributed by atoms with Gasteiger partial charge >= 0.3 is 0 Å². The van der Waals surface area contributed by atoms with Gasteiger partial charge in [0.15, 0.2) is 4.21 Å². The Balaban J connectivity index is 2.26. The summed E-state index contributed by atoms with van der Waals surface area (Å²) in [7, 11) is -1.95. The zero-order chi connectivity index (χ0) is 13.9. The fourth-order valence-electron chi connectivity index (χ4n) is 1.56. The minimum absolute atomic E-state index is 0.268. The molecular formula is C12H12BrNO3S2. The molecule has 0 unspecified atom stereocenters. The molecule has 1 aromatic carbocycles. The van der Waals surface area contributed by atoms with Crippen LogP contribution in [0.1, 0.15) is 5.56 Å². The molecule has 1 aromatic heterocycles. The highest BCUT2D eigenvalue weighted by atomic mass is 79.9. The summed E-state index contributed by atoms with van der Waals surface area (Å²) >= 11 is 4.39. The highest BCUT2D eigenvalue weighted by Crippen LogP contribution is 2.29. The van der Waals surface area contributed by atoms with E-state index < -0.39 is 10.0 Å². The van der Waals surface area contributed by atoms with E-state index in [2.05, 4.69) is 20.7 Å². The van der Waals surface area contributed by atoms with Crippen molar-refractivity contribution in [2.24, 2.45) is 0 Å². The Hall–Kier alpha value is -0.890. The molecule has 0 radical (unpaired) electrons. The normalized spacial score (nSPS) is 11.5. The number of sulfonamides is 1. The molecule has 102 valence electrons. The first kappa shape index (κ1) is 14.5. The molecular weight excluding hydrogens is 350 g/mol. The van der Waals surface area contributed by atoms with Gasteiger partial charge in [0, 0.05) is 17.3 Å². The minimum Gasteiger partial charge on any atom is -0.380 e. The van der Waals surface area contributed by atoms with E-state index in [9.17, 15) is 8.42 Å². The van der Waals surface area contributed by atoms with Crippen LogP contribution in [0.3, 0.4) is 0 Å². The Bertz CT molecular complexity index is 667. The van der Waals surface area contributed by atoms with Gasteiger partial charge in [-0.05, 0) is 45.1 Å². The number of anilines is 1. The van der Waals surface area contributed by atoms with Gasteiger partial charge in [0.05, 0.1) is 6.61 Å². The predicted molar refractivity (Wildman–Crippen MR) is 80.0 cm³/mol. The number of benzene rings is 1. The van der Waals surface area contributed by atoms with Crippen LogP contribution < -0.4 is 4.72 Å². The SMILES string of the molecule is COCc1cccc(NS(=O)(=O)c2sccc2Br)c1. The molecule has 0 aliphatic heterocycles. The van der Waals surface area contributed by atoms with Gasteiger partial charge in [-0.3, -0.25) is 4.72 Å². The molecule has 0 amide bonds. The van der Waals surface area contributed by atoms with Gasteiger partial charge in [0.25, 0.3) is 10.0 Å². The minimum atomic E-state index is -3.55. The van der Waals surface area contributed by atoms with Crippen LogP contribution in [0, 0.1) is 0 Å². The number of rotatable bonds is 5. The molecule has 19 heavy (non-hydrogen) atoms. The summed E-state index contributed by atoms with van der Waals surface area (Å²) in [5, 5.41) is 1.72. The first-order valence-electron chi connectivity index (χ1n) is 5.36. The number of thiophene rings is 1. The van der Waals surface area contributed by atoms with Gasteiger partial charge < -0.3 is 4.74 Å². The summed E-state index contributed by atoms with van der Waals surface area (Å²) in [5.41, 5.74) is 1.43. The van der Waals surface area contributed by atoms with Crippen LogP contribution in [-0.4, -0.2) is 15.5 Å². The molecule has 2 aromatic rings. The Kier molecular flexibility index (Phi) is 4.62. The van der Waals surface area contributed by atoms with Crippen molar-refractivity contribution < 1.29 is 13.2 Å². The first-order valence-corrected chi connectivity index (χ1v) is 8.52. The molecule has 0 aliphatic carbocycles. The summed E-state index contributed by atoms with van der Waals surface area (Å²) in [4.78, 5) is 0. The van der Waals surface area contributed by atoms with Gasteiger partial charge in [-0.15, -0.1) is 11.3 Å². The lowest BCUT2D eigenvalue weighted by atomic mass is 10.2. The number of hydrogen-bond acceptors (Lipinski definition) is 4. The summed E-state index contributed by atoms with van der Waals surface area (Å²) in [5.74, 6) is 0. The first-order chi connectivity index (χ1) is 9.03. The summed E-state index contributed by atoms with van der Waals surface area (Å²) in [6, 6.07) is 8.83. The molecule has 2 rings (SSSR count). The van der Waals surface area contributed by atoms with Crippen molar-refractivity contribution in [3.8, 4) is 0 Å². The van der Waals surface area contributed by atoms with E-state index in [4.69, 9.17) is 4.74 Å². The number of methoxy groups -OCH3 is 1. The van der Waals surface area contributed by atoms with Gasteiger partial charge in [-0.1, -0.05) is 12.1 Å². The number of nitrogens with one attached hydrogen (secondary N) is 1. The molecule has 0 spiro atoms. The standard InChI is InChI=1S/C12H12BrNO3S2/c1-17-8-9-3-2-4-10(7-9)14-19(15,16)12-11(13)5-6-18-12/h2-7,14H,8H2,1H3. The average molecular weight is 362 g/mol. The second-order valence-corrected chi connectivity index (χ2v) is 7.44. The number of ether oxygens (including phenoxy) is 1. The third kappa shape index (κ3) is 3.56. The Morgan fingerprint density at radius 3 is 2.79 bits per heavy atom. The third-order valence-electron chi connectivity index (χ3n) is 2.32. The second-order valence-electron chi connectivity index (χ2n) is 3.79. The number of halogens is 1. The maximum atomic E-state index is 12.2. The van der Waals surface area contributed by atoms with E-state index >= 15 is 0 Å². The van der Waals surface area contributed by atoms with Crippen molar-refractivity contribution in [1.82, 2.24) is 0 Å². The van der Waals surface area contributed by atoms with Gasteiger partial charge in [0.2, 0.25) is 0 Å². The Morgan fingerprint density at radius 1 is 1.37 bits per heavy atom. The largest absolute Gasteiger partial charge is 0.380 e. The van der Waals surface area contributed by atoms with Crippen LogP contribution in [-0.2, 0) is 21.4 Å². The maximum Gasteiger partial charge on any atom is 0.272 e. The lowest BCUT2D eigenvalue weighted by Gasteiger charge is -2.08. The van der Waals surface area contributed by atoms with Crippen LogP contribution in [0.2, 0.25) is 0 Å².